The summed E-state index contributed by atoms with van der Waals surface area (Å²) in [6.45, 7) is 13.3. The van der Waals surface area contributed by atoms with Crippen LogP contribution in [0.15, 0.2) is 4.99 Å². The van der Waals surface area contributed by atoms with Crippen LogP contribution >= 0.6 is 0 Å². The first-order valence-electron chi connectivity index (χ1n) is 8.74. The molecule has 6 nitrogen and oxygen atoms in total. The van der Waals surface area contributed by atoms with Gasteiger partial charge in [0.1, 0.15) is 0 Å². The molecule has 1 saturated heterocycles. The lowest BCUT2D eigenvalue weighted by molar-refractivity contribution is 0.0205. The highest BCUT2D eigenvalue weighted by Gasteiger charge is 2.24. The Morgan fingerprint density at radius 1 is 1.22 bits per heavy atom. The molecule has 0 aromatic carbocycles. The largest absolute Gasteiger partial charge is 0.379 e. The van der Waals surface area contributed by atoms with Gasteiger partial charge in [-0.3, -0.25) is 9.89 Å². The Kier molecular flexibility index (Phi) is 9.52. The average molecular weight is 329 g/mol. The van der Waals surface area contributed by atoms with E-state index in [2.05, 4.69) is 41.3 Å². The molecule has 1 aliphatic heterocycles. The highest BCUT2D eigenvalue weighted by molar-refractivity contribution is 5.79. The highest BCUT2D eigenvalue weighted by Crippen LogP contribution is 2.20. The van der Waals surface area contributed by atoms with E-state index in [1.165, 1.54) is 6.42 Å². The molecule has 0 aromatic rings. The van der Waals surface area contributed by atoms with Gasteiger partial charge in [0.05, 0.1) is 19.3 Å². The molecular formula is C17H36N4O2. The molecule has 0 spiro atoms. The summed E-state index contributed by atoms with van der Waals surface area (Å²) in [6, 6.07) is 0. The van der Waals surface area contributed by atoms with E-state index in [-0.39, 0.29) is 11.5 Å². The van der Waals surface area contributed by atoms with Crippen LogP contribution in [0.4, 0.5) is 0 Å². The molecule has 0 amide bonds. The summed E-state index contributed by atoms with van der Waals surface area (Å²) in [5.41, 5.74) is 0.110. The van der Waals surface area contributed by atoms with Crippen molar-refractivity contribution in [1.82, 2.24) is 15.5 Å². The van der Waals surface area contributed by atoms with Crippen LogP contribution in [0.3, 0.4) is 0 Å². The Morgan fingerprint density at radius 3 is 2.48 bits per heavy atom. The number of aliphatic imine (C=N–C) groups is 1. The predicted octanol–water partition coefficient (Wildman–Crippen LogP) is 1.32. The average Bonchev–Trinajstić information content (AvgIpc) is 2.53. The Morgan fingerprint density at radius 2 is 1.91 bits per heavy atom. The van der Waals surface area contributed by atoms with Gasteiger partial charge >= 0.3 is 0 Å². The molecule has 23 heavy (non-hydrogen) atoms. The van der Waals surface area contributed by atoms with Gasteiger partial charge in [-0.1, -0.05) is 20.8 Å². The minimum absolute atomic E-state index is 0.110. The van der Waals surface area contributed by atoms with Crippen LogP contribution in [0.2, 0.25) is 0 Å². The first kappa shape index (κ1) is 20.2. The number of unbranched alkanes of at least 4 members (excludes halogenated alkanes) is 1. The fraction of sp³-hybridized carbons (Fsp3) is 0.941. The van der Waals surface area contributed by atoms with Gasteiger partial charge < -0.3 is 20.1 Å². The molecule has 1 unspecified atom stereocenters. The van der Waals surface area contributed by atoms with Crippen molar-refractivity contribution < 1.29 is 9.47 Å². The van der Waals surface area contributed by atoms with E-state index in [0.717, 1.165) is 58.3 Å². The Balaban J connectivity index is 2.13. The smallest absolute Gasteiger partial charge is 0.191 e. The van der Waals surface area contributed by atoms with E-state index in [0.29, 0.717) is 0 Å². The molecule has 1 rings (SSSR count). The summed E-state index contributed by atoms with van der Waals surface area (Å²) in [5.74, 6) is 0.850. The third kappa shape index (κ3) is 8.53. The molecule has 0 radical (unpaired) electrons. The van der Waals surface area contributed by atoms with Crippen LogP contribution in [0.5, 0.6) is 0 Å². The number of morpholine rings is 1. The van der Waals surface area contributed by atoms with Crippen molar-refractivity contribution in [3.8, 4) is 0 Å². The Bertz CT molecular complexity index is 336. The fourth-order valence-electron chi connectivity index (χ4n) is 2.65. The van der Waals surface area contributed by atoms with Gasteiger partial charge in [0.25, 0.3) is 0 Å². The number of nitrogens with one attached hydrogen (secondary N) is 2. The minimum Gasteiger partial charge on any atom is -0.379 e. The monoisotopic (exact) mass is 328 g/mol. The number of methoxy groups -OCH3 is 1. The van der Waals surface area contributed by atoms with Gasteiger partial charge in [0, 0.05) is 40.3 Å². The van der Waals surface area contributed by atoms with Crippen LogP contribution in [-0.2, 0) is 9.47 Å². The molecule has 0 aliphatic carbocycles. The fourth-order valence-corrected chi connectivity index (χ4v) is 2.65. The van der Waals surface area contributed by atoms with Crippen LogP contribution in [0.25, 0.3) is 0 Å². The van der Waals surface area contributed by atoms with Crippen molar-refractivity contribution in [2.75, 3.05) is 60.1 Å². The van der Waals surface area contributed by atoms with Crippen molar-refractivity contribution in [3.63, 3.8) is 0 Å². The van der Waals surface area contributed by atoms with Crippen molar-refractivity contribution in [2.45, 2.75) is 39.7 Å². The maximum atomic E-state index is 5.56. The Labute approximate surface area is 142 Å². The summed E-state index contributed by atoms with van der Waals surface area (Å²) in [6.07, 6.45) is 2.50. The highest BCUT2D eigenvalue weighted by atomic mass is 16.5. The van der Waals surface area contributed by atoms with Crippen molar-refractivity contribution in [1.29, 1.82) is 0 Å². The molecule has 136 valence electrons. The minimum atomic E-state index is 0.110. The van der Waals surface area contributed by atoms with E-state index in [4.69, 9.17) is 9.47 Å². The number of hydrogen-bond donors (Lipinski definition) is 2. The second-order valence-corrected chi connectivity index (χ2v) is 7.13. The molecule has 6 heteroatoms. The van der Waals surface area contributed by atoms with E-state index in [1.54, 1.807) is 7.11 Å². The maximum absolute atomic E-state index is 5.56. The predicted molar refractivity (Wildman–Crippen MR) is 96.1 cm³/mol. The summed E-state index contributed by atoms with van der Waals surface area (Å²) in [5, 5.41) is 6.73. The van der Waals surface area contributed by atoms with Crippen LogP contribution in [0, 0.1) is 5.41 Å². The van der Waals surface area contributed by atoms with Gasteiger partial charge in [-0.25, -0.2) is 0 Å². The zero-order valence-corrected chi connectivity index (χ0v) is 15.7. The zero-order valence-electron chi connectivity index (χ0n) is 15.7. The number of guanidine groups is 1. The van der Waals surface area contributed by atoms with Crippen molar-refractivity contribution in [2.24, 2.45) is 10.4 Å². The molecular weight excluding hydrogens is 292 g/mol. The second-order valence-electron chi connectivity index (χ2n) is 7.13. The molecule has 1 aliphatic rings. The molecule has 1 fully saturated rings. The molecule has 0 aromatic heterocycles. The number of hydrogen-bond acceptors (Lipinski definition) is 4. The third-order valence-electron chi connectivity index (χ3n) is 4.23. The zero-order chi connectivity index (χ0) is 17.1. The topological polar surface area (TPSA) is 58.1 Å². The molecule has 0 saturated carbocycles. The maximum Gasteiger partial charge on any atom is 0.191 e. The lowest BCUT2D eigenvalue weighted by atomic mass is 9.89. The van der Waals surface area contributed by atoms with E-state index in [1.807, 2.05) is 7.05 Å². The first-order chi connectivity index (χ1) is 11.0. The molecule has 1 atom stereocenters. The quantitative estimate of drug-likeness (QED) is 0.400. The van der Waals surface area contributed by atoms with Crippen LogP contribution in [0.1, 0.15) is 33.6 Å². The molecule has 2 N–H and O–H groups in total. The van der Waals surface area contributed by atoms with Gasteiger partial charge in [0.2, 0.25) is 0 Å². The van der Waals surface area contributed by atoms with Crippen molar-refractivity contribution in [3.05, 3.63) is 0 Å². The van der Waals surface area contributed by atoms with Gasteiger partial charge in [-0.2, -0.15) is 0 Å². The summed E-state index contributed by atoms with van der Waals surface area (Å²) in [4.78, 5) is 6.75. The standard InChI is InChI=1S/C17H36N4O2/c1-17(2,3)15(22-5)14-20-16(18-4)19-8-6-7-9-21-10-12-23-13-11-21/h15H,6-14H2,1-5H3,(H2,18,19,20). The molecule has 1 heterocycles. The summed E-state index contributed by atoms with van der Waals surface area (Å²) >= 11 is 0. The molecule has 0 bridgehead atoms. The van der Waals surface area contributed by atoms with E-state index < -0.39 is 0 Å². The number of rotatable bonds is 8. The third-order valence-corrected chi connectivity index (χ3v) is 4.23. The van der Waals surface area contributed by atoms with E-state index in [9.17, 15) is 0 Å². The van der Waals surface area contributed by atoms with E-state index >= 15 is 0 Å². The number of nitrogens with zero attached hydrogens (tertiary/aromatic N) is 2. The normalized spacial score (nSPS) is 18.7. The number of ether oxygens (including phenoxy) is 2. The summed E-state index contributed by atoms with van der Waals surface area (Å²) in [7, 11) is 3.57. The first-order valence-corrected chi connectivity index (χ1v) is 8.74. The van der Waals surface area contributed by atoms with Gasteiger partial charge in [0.15, 0.2) is 5.96 Å². The van der Waals surface area contributed by atoms with Gasteiger partial charge in [-0.15, -0.1) is 0 Å². The SMILES string of the molecule is CN=C(NCCCCN1CCOCC1)NCC(OC)C(C)(C)C. The van der Waals surface area contributed by atoms with Crippen LogP contribution in [-0.4, -0.2) is 77.1 Å². The lowest BCUT2D eigenvalue weighted by Crippen LogP contribution is -2.45. The second kappa shape index (κ2) is 10.8. The Hall–Kier alpha value is -0.850. The lowest BCUT2D eigenvalue weighted by Gasteiger charge is -2.30. The van der Waals surface area contributed by atoms with Crippen LogP contribution < -0.4 is 10.6 Å². The van der Waals surface area contributed by atoms with Gasteiger partial charge in [-0.05, 0) is 24.8 Å². The summed E-state index contributed by atoms with van der Waals surface area (Å²) < 4.78 is 10.9. The van der Waals surface area contributed by atoms with Crippen molar-refractivity contribution >= 4 is 5.96 Å².